The molecule has 0 aliphatic rings. The maximum absolute atomic E-state index is 12.3. The van der Waals surface area contributed by atoms with Crippen molar-refractivity contribution in [2.45, 2.75) is 39.8 Å². The molecule has 0 heterocycles. The van der Waals surface area contributed by atoms with Crippen molar-refractivity contribution in [1.29, 1.82) is 0 Å². The fraction of sp³-hybridized carbons (Fsp3) is 0.533. The molecule has 3 nitrogen and oxygen atoms in total. The molecule has 2 unspecified atom stereocenters. The van der Waals surface area contributed by atoms with Gasteiger partial charge in [-0.1, -0.05) is 37.9 Å². The van der Waals surface area contributed by atoms with Gasteiger partial charge in [-0.05, 0) is 45.4 Å². The fourth-order valence-electron chi connectivity index (χ4n) is 2.20. The molecular weight excluding hydrogens is 384 g/mol. The first-order valence-electron chi connectivity index (χ1n) is 6.90. The number of carbonyl (C=O) groups excluding carboxylic acids is 1. The van der Waals surface area contributed by atoms with Crippen molar-refractivity contribution >= 4 is 37.8 Å². The highest BCUT2D eigenvalue weighted by Crippen LogP contribution is 2.27. The van der Waals surface area contributed by atoms with Crippen molar-refractivity contribution in [3.63, 3.8) is 0 Å². The number of nitrogens with one attached hydrogen (secondary N) is 1. The monoisotopic (exact) mass is 404 g/mol. The Labute approximate surface area is 138 Å². The number of hydrogen-bond donors (Lipinski definition) is 1. The minimum atomic E-state index is -0.194. The molecule has 0 aliphatic heterocycles. The van der Waals surface area contributed by atoms with E-state index in [4.69, 9.17) is 0 Å². The van der Waals surface area contributed by atoms with Crippen molar-refractivity contribution in [2.75, 3.05) is 13.1 Å². The van der Waals surface area contributed by atoms with E-state index in [0.29, 0.717) is 0 Å². The first kappa shape index (κ1) is 17.7. The summed E-state index contributed by atoms with van der Waals surface area (Å²) in [6, 6.07) is 5.99. The third-order valence-electron chi connectivity index (χ3n) is 3.37. The van der Waals surface area contributed by atoms with Gasteiger partial charge in [-0.3, -0.25) is 10.1 Å². The van der Waals surface area contributed by atoms with E-state index in [9.17, 15) is 4.79 Å². The second kappa shape index (κ2) is 8.15. The van der Waals surface area contributed by atoms with E-state index in [1.807, 2.05) is 37.8 Å². The molecule has 1 rings (SSSR count). The van der Waals surface area contributed by atoms with Gasteiger partial charge in [-0.25, -0.2) is 0 Å². The molecule has 5 heteroatoms. The summed E-state index contributed by atoms with van der Waals surface area (Å²) in [4.78, 5) is 14.1. The van der Waals surface area contributed by atoms with Crippen LogP contribution >= 0.6 is 31.9 Å². The molecule has 0 spiro atoms. The van der Waals surface area contributed by atoms with Gasteiger partial charge in [0.25, 0.3) is 0 Å². The van der Waals surface area contributed by atoms with Crippen molar-refractivity contribution in [1.82, 2.24) is 10.2 Å². The fourth-order valence-corrected chi connectivity index (χ4v) is 3.59. The largest absolute Gasteiger partial charge is 0.342 e. The molecular formula is C15H22Br2N2O. The van der Waals surface area contributed by atoms with Crippen molar-refractivity contribution in [2.24, 2.45) is 0 Å². The van der Waals surface area contributed by atoms with Gasteiger partial charge in [0.1, 0.15) is 0 Å². The van der Waals surface area contributed by atoms with E-state index < -0.39 is 0 Å². The Morgan fingerprint density at radius 2 is 1.85 bits per heavy atom. The molecule has 0 saturated carbocycles. The number of benzene rings is 1. The Balaban J connectivity index is 2.74. The molecule has 1 amide bonds. The molecule has 1 aromatic carbocycles. The van der Waals surface area contributed by atoms with E-state index in [1.165, 1.54) is 0 Å². The van der Waals surface area contributed by atoms with Crippen LogP contribution in [0.2, 0.25) is 0 Å². The van der Waals surface area contributed by atoms with E-state index in [0.717, 1.165) is 27.6 Å². The Bertz CT molecular complexity index is 461. The first-order valence-corrected chi connectivity index (χ1v) is 8.49. The van der Waals surface area contributed by atoms with Crippen LogP contribution in [0.3, 0.4) is 0 Å². The Kier molecular flexibility index (Phi) is 7.20. The van der Waals surface area contributed by atoms with Gasteiger partial charge in [-0.2, -0.15) is 0 Å². The van der Waals surface area contributed by atoms with Gasteiger partial charge >= 0.3 is 0 Å². The summed E-state index contributed by atoms with van der Waals surface area (Å²) in [6.07, 6.45) is 0. The minimum absolute atomic E-state index is 0.104. The average molecular weight is 406 g/mol. The van der Waals surface area contributed by atoms with E-state index in [2.05, 4.69) is 50.2 Å². The highest BCUT2D eigenvalue weighted by molar-refractivity contribution is 9.11. The smallest absolute Gasteiger partial charge is 0.239 e. The van der Waals surface area contributed by atoms with Crippen LogP contribution in [-0.2, 0) is 4.79 Å². The maximum atomic E-state index is 12.3. The van der Waals surface area contributed by atoms with Gasteiger partial charge in [0.2, 0.25) is 5.91 Å². The molecule has 112 valence electrons. The van der Waals surface area contributed by atoms with Crippen LogP contribution in [0.25, 0.3) is 0 Å². The maximum Gasteiger partial charge on any atom is 0.239 e. The van der Waals surface area contributed by atoms with Crippen LogP contribution in [0, 0.1) is 0 Å². The van der Waals surface area contributed by atoms with Crippen LogP contribution < -0.4 is 5.32 Å². The average Bonchev–Trinajstić information content (AvgIpc) is 2.39. The molecule has 20 heavy (non-hydrogen) atoms. The number of amides is 1. The lowest BCUT2D eigenvalue weighted by Gasteiger charge is -2.26. The lowest BCUT2D eigenvalue weighted by molar-refractivity contribution is -0.132. The number of likely N-dealkylation sites (N-methyl/N-ethyl adjacent to an activating group) is 1. The van der Waals surface area contributed by atoms with E-state index in [1.54, 1.807) is 0 Å². The quantitative estimate of drug-likeness (QED) is 0.771. The molecule has 0 saturated heterocycles. The summed E-state index contributed by atoms with van der Waals surface area (Å²) >= 11 is 7.01. The van der Waals surface area contributed by atoms with Crippen molar-refractivity contribution in [3.8, 4) is 0 Å². The van der Waals surface area contributed by atoms with Crippen LogP contribution in [-0.4, -0.2) is 29.9 Å². The van der Waals surface area contributed by atoms with Gasteiger partial charge in [0.15, 0.2) is 0 Å². The highest BCUT2D eigenvalue weighted by Gasteiger charge is 2.21. The summed E-state index contributed by atoms with van der Waals surface area (Å²) in [7, 11) is 0. The van der Waals surface area contributed by atoms with Crippen LogP contribution in [0.1, 0.15) is 39.3 Å². The summed E-state index contributed by atoms with van der Waals surface area (Å²) in [5, 5.41) is 3.37. The zero-order valence-electron chi connectivity index (χ0n) is 12.4. The van der Waals surface area contributed by atoms with Gasteiger partial charge < -0.3 is 4.90 Å². The lowest BCUT2D eigenvalue weighted by atomic mass is 10.1. The topological polar surface area (TPSA) is 32.3 Å². The molecule has 0 aromatic heterocycles. The SMILES string of the molecule is CCN(CC)C(=O)C(C)NC(C)c1ccc(Br)cc1Br. The third-order valence-corrected chi connectivity index (χ3v) is 4.55. The molecule has 1 N–H and O–H groups in total. The summed E-state index contributed by atoms with van der Waals surface area (Å²) in [5.74, 6) is 0.148. The normalized spacial score (nSPS) is 13.9. The zero-order valence-corrected chi connectivity index (χ0v) is 15.6. The number of nitrogens with zero attached hydrogens (tertiary/aromatic N) is 1. The second-order valence-electron chi connectivity index (χ2n) is 4.79. The first-order chi connectivity index (χ1) is 9.40. The zero-order chi connectivity index (χ0) is 15.3. The predicted molar refractivity (Wildman–Crippen MR) is 90.8 cm³/mol. The molecule has 0 aliphatic carbocycles. The Morgan fingerprint density at radius 1 is 1.25 bits per heavy atom. The molecule has 0 radical (unpaired) electrons. The Hall–Kier alpha value is -0.390. The van der Waals surface area contributed by atoms with Gasteiger partial charge in [0.05, 0.1) is 6.04 Å². The molecule has 2 atom stereocenters. The Morgan fingerprint density at radius 3 is 2.35 bits per heavy atom. The third kappa shape index (κ3) is 4.57. The van der Waals surface area contributed by atoms with Crippen LogP contribution in [0.5, 0.6) is 0 Å². The summed E-state index contributed by atoms with van der Waals surface area (Å²) in [6.45, 7) is 9.49. The molecule has 1 aromatic rings. The minimum Gasteiger partial charge on any atom is -0.342 e. The van der Waals surface area contributed by atoms with Crippen molar-refractivity contribution < 1.29 is 4.79 Å². The number of carbonyl (C=O) groups is 1. The second-order valence-corrected chi connectivity index (χ2v) is 6.56. The predicted octanol–water partition coefficient (Wildman–Crippen LogP) is 4.12. The highest BCUT2D eigenvalue weighted by atomic mass is 79.9. The number of rotatable bonds is 6. The number of halogens is 2. The van der Waals surface area contributed by atoms with E-state index in [-0.39, 0.29) is 18.0 Å². The van der Waals surface area contributed by atoms with Crippen molar-refractivity contribution in [3.05, 3.63) is 32.7 Å². The van der Waals surface area contributed by atoms with Crippen LogP contribution in [0.15, 0.2) is 27.1 Å². The lowest BCUT2D eigenvalue weighted by Crippen LogP contribution is -2.45. The van der Waals surface area contributed by atoms with E-state index >= 15 is 0 Å². The molecule has 0 bridgehead atoms. The standard InChI is InChI=1S/C15H22Br2N2O/c1-5-19(6-2)15(20)11(4)18-10(3)13-8-7-12(16)9-14(13)17/h7-11,18H,5-6H2,1-4H3. The summed E-state index contributed by atoms with van der Waals surface area (Å²) < 4.78 is 2.07. The van der Waals surface area contributed by atoms with Gasteiger partial charge in [-0.15, -0.1) is 0 Å². The molecule has 0 fully saturated rings. The number of hydrogen-bond acceptors (Lipinski definition) is 2. The van der Waals surface area contributed by atoms with Gasteiger partial charge in [0, 0.05) is 28.1 Å². The van der Waals surface area contributed by atoms with Crippen LogP contribution in [0.4, 0.5) is 0 Å². The summed E-state index contributed by atoms with van der Waals surface area (Å²) in [5.41, 5.74) is 1.15.